The van der Waals surface area contributed by atoms with E-state index in [0.29, 0.717) is 18.0 Å². The van der Waals surface area contributed by atoms with Gasteiger partial charge in [-0.15, -0.1) is 0 Å². The molecule has 1 aliphatic rings. The van der Waals surface area contributed by atoms with Crippen molar-refractivity contribution in [3.63, 3.8) is 0 Å². The van der Waals surface area contributed by atoms with Crippen LogP contribution in [-0.2, 0) is 0 Å². The highest BCUT2D eigenvalue weighted by atomic mass is 16.5. The molecule has 0 saturated carbocycles. The van der Waals surface area contributed by atoms with E-state index in [1.807, 2.05) is 24.3 Å². The number of methoxy groups -OCH3 is 2. The lowest BCUT2D eigenvalue weighted by molar-refractivity contribution is 0.355. The minimum atomic E-state index is 0.172. The van der Waals surface area contributed by atoms with Crippen LogP contribution in [0.1, 0.15) is 24.4 Å². The predicted octanol–water partition coefficient (Wildman–Crippen LogP) is 3.36. The molecule has 3 rings (SSSR count). The van der Waals surface area contributed by atoms with Gasteiger partial charge >= 0.3 is 0 Å². The molecule has 1 aliphatic heterocycles. The molecule has 0 radical (unpaired) electrons. The van der Waals surface area contributed by atoms with Gasteiger partial charge in [0.15, 0.2) is 11.5 Å². The monoisotopic (exact) mass is 325 g/mol. The second kappa shape index (κ2) is 7.36. The number of ether oxygens (including phenoxy) is 2. The molecule has 5 nitrogen and oxygen atoms in total. The van der Waals surface area contributed by atoms with Gasteiger partial charge in [0.05, 0.1) is 25.9 Å². The van der Waals surface area contributed by atoms with Crippen LogP contribution in [0.15, 0.2) is 53.6 Å². The van der Waals surface area contributed by atoms with Crippen molar-refractivity contribution in [2.75, 3.05) is 25.8 Å². The fourth-order valence-corrected chi connectivity index (χ4v) is 3.03. The Bertz CT molecular complexity index is 716. The van der Waals surface area contributed by atoms with Gasteiger partial charge < -0.3 is 15.2 Å². The van der Waals surface area contributed by atoms with Gasteiger partial charge in [-0.2, -0.15) is 5.10 Å². The molecule has 1 atom stereocenters. The van der Waals surface area contributed by atoms with Crippen LogP contribution in [0.3, 0.4) is 0 Å². The molecule has 1 heterocycles. The summed E-state index contributed by atoms with van der Waals surface area (Å²) in [5, 5.41) is 6.87. The summed E-state index contributed by atoms with van der Waals surface area (Å²) in [6.07, 6.45) is 1.70. The molecule has 24 heavy (non-hydrogen) atoms. The Morgan fingerprint density at radius 2 is 1.83 bits per heavy atom. The Balaban J connectivity index is 1.98. The molecule has 2 N–H and O–H groups in total. The first kappa shape index (κ1) is 16.3. The second-order valence-corrected chi connectivity index (χ2v) is 5.72. The second-order valence-electron chi connectivity index (χ2n) is 5.72. The van der Waals surface area contributed by atoms with E-state index >= 15 is 0 Å². The minimum Gasteiger partial charge on any atom is -0.493 e. The van der Waals surface area contributed by atoms with Crippen molar-refractivity contribution in [2.45, 2.75) is 18.9 Å². The highest BCUT2D eigenvalue weighted by molar-refractivity contribution is 5.89. The van der Waals surface area contributed by atoms with Crippen LogP contribution in [0.4, 0.5) is 5.69 Å². The number of anilines is 1. The Morgan fingerprint density at radius 1 is 1.08 bits per heavy atom. The molecule has 2 aromatic rings. The molecule has 0 fully saturated rings. The van der Waals surface area contributed by atoms with Crippen molar-refractivity contribution in [2.24, 2.45) is 10.8 Å². The summed E-state index contributed by atoms with van der Waals surface area (Å²) in [5.41, 5.74) is 9.07. The zero-order valence-electron chi connectivity index (χ0n) is 14.1. The third kappa shape index (κ3) is 3.21. The molecule has 0 amide bonds. The molecule has 0 saturated heterocycles. The number of nitrogens with zero attached hydrogens (tertiary/aromatic N) is 2. The predicted molar refractivity (Wildman–Crippen MR) is 96.9 cm³/mol. The summed E-state index contributed by atoms with van der Waals surface area (Å²) in [6.45, 7) is 0.611. The van der Waals surface area contributed by atoms with Crippen molar-refractivity contribution in [1.29, 1.82) is 0 Å². The van der Waals surface area contributed by atoms with Gasteiger partial charge in [-0.3, -0.25) is 5.01 Å². The van der Waals surface area contributed by atoms with Gasteiger partial charge in [0.1, 0.15) is 0 Å². The van der Waals surface area contributed by atoms with Crippen LogP contribution in [-0.4, -0.2) is 26.5 Å². The standard InChI is InChI=1S/C19H23N3O2/c1-23-18-9-8-16(13-19(18)24-2)22-17(12-15(21-22)10-11-20)14-6-4-3-5-7-14/h3-9,13,17H,10-12,20H2,1-2H3. The Kier molecular flexibility index (Phi) is 5.01. The zero-order chi connectivity index (χ0) is 16.9. The first-order valence-corrected chi connectivity index (χ1v) is 8.09. The highest BCUT2D eigenvalue weighted by Crippen LogP contribution is 2.39. The largest absolute Gasteiger partial charge is 0.493 e. The maximum absolute atomic E-state index is 5.72. The van der Waals surface area contributed by atoms with Crippen molar-refractivity contribution in [1.82, 2.24) is 0 Å². The van der Waals surface area contributed by atoms with Gasteiger partial charge in [0, 0.05) is 18.2 Å². The molecule has 0 aliphatic carbocycles. The van der Waals surface area contributed by atoms with E-state index in [2.05, 4.69) is 29.3 Å². The summed E-state index contributed by atoms with van der Waals surface area (Å²) in [5.74, 6) is 1.41. The topological polar surface area (TPSA) is 60.1 Å². The molecule has 2 aromatic carbocycles. The van der Waals surface area contributed by atoms with Crippen LogP contribution in [0.2, 0.25) is 0 Å². The van der Waals surface area contributed by atoms with Crippen LogP contribution < -0.4 is 20.2 Å². The number of hydrogen-bond acceptors (Lipinski definition) is 5. The fraction of sp³-hybridized carbons (Fsp3) is 0.316. The average Bonchev–Trinajstić information content (AvgIpc) is 3.06. The van der Waals surface area contributed by atoms with Crippen molar-refractivity contribution in [3.8, 4) is 11.5 Å². The van der Waals surface area contributed by atoms with E-state index in [9.17, 15) is 0 Å². The summed E-state index contributed by atoms with van der Waals surface area (Å²) in [6, 6.07) is 16.5. The van der Waals surface area contributed by atoms with Gasteiger partial charge in [-0.1, -0.05) is 30.3 Å². The quantitative estimate of drug-likeness (QED) is 0.885. The van der Waals surface area contributed by atoms with Crippen LogP contribution in [0.25, 0.3) is 0 Å². The number of hydrazone groups is 1. The Hall–Kier alpha value is -2.53. The summed E-state index contributed by atoms with van der Waals surface area (Å²) < 4.78 is 10.8. The Morgan fingerprint density at radius 3 is 2.50 bits per heavy atom. The number of benzene rings is 2. The van der Waals surface area contributed by atoms with Crippen LogP contribution in [0.5, 0.6) is 11.5 Å². The normalized spacial score (nSPS) is 16.9. The van der Waals surface area contributed by atoms with Gasteiger partial charge in [0.25, 0.3) is 0 Å². The van der Waals surface area contributed by atoms with E-state index in [1.165, 1.54) is 5.56 Å². The van der Waals surface area contributed by atoms with Crippen molar-refractivity contribution >= 4 is 11.4 Å². The number of hydrogen-bond donors (Lipinski definition) is 1. The summed E-state index contributed by atoms with van der Waals surface area (Å²) in [7, 11) is 3.28. The summed E-state index contributed by atoms with van der Waals surface area (Å²) in [4.78, 5) is 0. The van der Waals surface area contributed by atoms with Crippen LogP contribution in [0, 0.1) is 0 Å². The smallest absolute Gasteiger partial charge is 0.162 e. The molecule has 0 aromatic heterocycles. The van der Waals surface area contributed by atoms with Crippen LogP contribution >= 0.6 is 0 Å². The maximum atomic E-state index is 5.72. The molecule has 0 bridgehead atoms. The van der Waals surface area contributed by atoms with E-state index in [-0.39, 0.29) is 6.04 Å². The fourth-order valence-electron chi connectivity index (χ4n) is 3.03. The number of nitrogens with two attached hydrogens (primary N) is 1. The lowest BCUT2D eigenvalue weighted by atomic mass is 10.0. The molecular weight excluding hydrogens is 302 g/mol. The molecule has 1 unspecified atom stereocenters. The Labute approximate surface area is 142 Å². The zero-order valence-corrected chi connectivity index (χ0v) is 14.1. The van der Waals surface area contributed by atoms with E-state index < -0.39 is 0 Å². The molecule has 126 valence electrons. The van der Waals surface area contributed by atoms with E-state index in [0.717, 1.165) is 24.2 Å². The van der Waals surface area contributed by atoms with Crippen molar-refractivity contribution < 1.29 is 9.47 Å². The average molecular weight is 325 g/mol. The van der Waals surface area contributed by atoms with E-state index in [4.69, 9.17) is 20.3 Å². The number of rotatable bonds is 6. The van der Waals surface area contributed by atoms with Gasteiger partial charge in [-0.05, 0) is 30.7 Å². The third-order valence-corrected chi connectivity index (χ3v) is 4.22. The third-order valence-electron chi connectivity index (χ3n) is 4.22. The molecule has 0 spiro atoms. The highest BCUT2D eigenvalue weighted by Gasteiger charge is 2.29. The molecular formula is C19H23N3O2. The minimum absolute atomic E-state index is 0.172. The lowest BCUT2D eigenvalue weighted by Crippen LogP contribution is -2.18. The van der Waals surface area contributed by atoms with Crippen molar-refractivity contribution in [3.05, 3.63) is 54.1 Å². The van der Waals surface area contributed by atoms with Gasteiger partial charge in [-0.25, -0.2) is 0 Å². The first-order valence-electron chi connectivity index (χ1n) is 8.09. The lowest BCUT2D eigenvalue weighted by Gasteiger charge is -2.24. The van der Waals surface area contributed by atoms with E-state index in [1.54, 1.807) is 14.2 Å². The SMILES string of the molecule is COc1ccc(N2N=C(CCN)CC2c2ccccc2)cc1OC. The van der Waals surface area contributed by atoms with Gasteiger partial charge in [0.2, 0.25) is 0 Å². The molecule has 5 heteroatoms. The first-order chi connectivity index (χ1) is 11.8. The maximum Gasteiger partial charge on any atom is 0.162 e. The summed E-state index contributed by atoms with van der Waals surface area (Å²) >= 11 is 0.